The summed E-state index contributed by atoms with van der Waals surface area (Å²) >= 11 is 0. The predicted molar refractivity (Wildman–Crippen MR) is 95.3 cm³/mol. The van der Waals surface area contributed by atoms with E-state index < -0.39 is 37.3 Å². The molecule has 26 heavy (non-hydrogen) atoms. The molecule has 1 fully saturated rings. The molecule has 1 saturated heterocycles. The van der Waals surface area contributed by atoms with Gasteiger partial charge in [0.1, 0.15) is 24.4 Å². The highest BCUT2D eigenvalue weighted by Crippen LogP contribution is 2.42. The van der Waals surface area contributed by atoms with Crippen molar-refractivity contribution in [3.8, 4) is 0 Å². The Labute approximate surface area is 155 Å². The lowest BCUT2D eigenvalue weighted by atomic mass is 9.70. The minimum Gasteiger partial charge on any atom is -0.394 e. The normalized spacial score (nSPS) is 39.1. The highest BCUT2D eigenvalue weighted by Gasteiger charge is 2.44. The zero-order valence-electron chi connectivity index (χ0n) is 16.1. The molecule has 0 aromatic rings. The lowest BCUT2D eigenvalue weighted by Crippen LogP contribution is -2.59. The maximum atomic E-state index is 10.1. The Balaban J connectivity index is 1.94. The van der Waals surface area contributed by atoms with Crippen LogP contribution in [0.25, 0.3) is 0 Å². The van der Waals surface area contributed by atoms with Crippen molar-refractivity contribution in [1.82, 2.24) is 0 Å². The van der Waals surface area contributed by atoms with Gasteiger partial charge in [-0.15, -0.1) is 0 Å². The summed E-state index contributed by atoms with van der Waals surface area (Å²) in [4.78, 5) is 0. The van der Waals surface area contributed by atoms with Crippen LogP contribution in [0.2, 0.25) is 0 Å². The van der Waals surface area contributed by atoms with Gasteiger partial charge in [-0.05, 0) is 44.9 Å². The summed E-state index contributed by atoms with van der Waals surface area (Å²) in [5.41, 5.74) is 2.48. The molecule has 0 radical (unpaired) electrons. The Morgan fingerprint density at radius 2 is 1.81 bits per heavy atom. The predicted octanol–water partition coefficient (Wildman–Crippen LogP) is 0.469. The first-order valence-electron chi connectivity index (χ1n) is 9.40. The number of rotatable bonds is 6. The van der Waals surface area contributed by atoms with E-state index in [0.717, 1.165) is 12.8 Å². The van der Waals surface area contributed by atoms with Gasteiger partial charge in [-0.2, -0.15) is 0 Å². The first-order valence-corrected chi connectivity index (χ1v) is 9.40. The van der Waals surface area contributed by atoms with Crippen LogP contribution in [0.5, 0.6) is 0 Å². The summed E-state index contributed by atoms with van der Waals surface area (Å²) < 4.78 is 11.1. The molecule has 152 valence electrons. The van der Waals surface area contributed by atoms with Crippen molar-refractivity contribution in [3.63, 3.8) is 0 Å². The second kappa shape index (κ2) is 8.65. The van der Waals surface area contributed by atoms with Gasteiger partial charge in [0.25, 0.3) is 0 Å². The Morgan fingerprint density at radius 1 is 1.15 bits per heavy atom. The first-order chi connectivity index (χ1) is 12.1. The fourth-order valence-corrected chi connectivity index (χ4v) is 4.21. The molecular formula is C19H34O7. The Morgan fingerprint density at radius 3 is 2.38 bits per heavy atom. The molecule has 0 aromatic carbocycles. The minimum absolute atomic E-state index is 0.0649. The van der Waals surface area contributed by atoms with Crippen molar-refractivity contribution in [3.05, 3.63) is 11.1 Å². The molecule has 1 aliphatic heterocycles. The zero-order chi connectivity index (χ0) is 19.6. The van der Waals surface area contributed by atoms with E-state index in [1.54, 1.807) is 0 Å². The third-order valence-corrected chi connectivity index (χ3v) is 5.64. The highest BCUT2D eigenvalue weighted by molar-refractivity contribution is 5.24. The maximum absolute atomic E-state index is 10.1. The number of ether oxygens (including phenoxy) is 2. The molecule has 7 heteroatoms. The molecule has 7 nitrogen and oxygen atoms in total. The van der Waals surface area contributed by atoms with Gasteiger partial charge in [0.05, 0.1) is 18.8 Å². The number of allylic oxidation sites excluding steroid dienone is 1. The molecule has 0 bridgehead atoms. The van der Waals surface area contributed by atoms with Crippen LogP contribution < -0.4 is 0 Å². The van der Waals surface area contributed by atoms with E-state index in [1.165, 1.54) is 11.1 Å². The Bertz CT molecular complexity index is 502. The Hall–Kier alpha value is -0.540. The summed E-state index contributed by atoms with van der Waals surface area (Å²) in [6.45, 7) is 7.72. The summed E-state index contributed by atoms with van der Waals surface area (Å²) in [6, 6.07) is 0. The van der Waals surface area contributed by atoms with E-state index in [4.69, 9.17) is 9.47 Å². The number of aliphatic hydroxyl groups excluding tert-OH is 5. The van der Waals surface area contributed by atoms with Crippen molar-refractivity contribution in [2.45, 2.75) is 96.3 Å². The van der Waals surface area contributed by atoms with Gasteiger partial charge in [-0.3, -0.25) is 0 Å². The molecule has 1 heterocycles. The fraction of sp³-hybridized carbons (Fsp3) is 0.895. The molecule has 0 unspecified atom stereocenters. The van der Waals surface area contributed by atoms with Gasteiger partial charge in [-0.25, -0.2) is 0 Å². The van der Waals surface area contributed by atoms with Crippen molar-refractivity contribution in [2.75, 3.05) is 6.61 Å². The van der Waals surface area contributed by atoms with Gasteiger partial charge >= 0.3 is 0 Å². The lowest BCUT2D eigenvalue weighted by molar-refractivity contribution is -0.310. The zero-order valence-corrected chi connectivity index (χ0v) is 16.1. The third-order valence-electron chi connectivity index (χ3n) is 5.64. The molecule has 2 aliphatic rings. The van der Waals surface area contributed by atoms with Crippen LogP contribution in [-0.4, -0.2) is 75.1 Å². The average molecular weight is 374 g/mol. The SMILES string of the molecule is CC1=C(CC[C@H](C)O[C@@H]2O[C@H](CO)[C@@H](O)[C@H](O)[C@H]2O)C(C)(C)C[C@@H](O)C1. The van der Waals surface area contributed by atoms with Gasteiger partial charge in [-0.1, -0.05) is 25.0 Å². The lowest BCUT2D eigenvalue weighted by Gasteiger charge is -2.41. The second-order valence-electron chi connectivity index (χ2n) is 8.39. The average Bonchev–Trinajstić information content (AvgIpc) is 2.53. The molecular weight excluding hydrogens is 340 g/mol. The summed E-state index contributed by atoms with van der Waals surface area (Å²) in [6.07, 6.45) is -3.86. The van der Waals surface area contributed by atoms with Crippen molar-refractivity contribution >= 4 is 0 Å². The molecule has 0 amide bonds. The standard InChI is InChI=1S/C19H34O7/c1-10-7-12(21)8-19(3,4)13(10)6-5-11(2)25-18-17(24)16(23)15(22)14(9-20)26-18/h11-12,14-18,20-24H,5-9H2,1-4H3/t11-,12-,14+,15+,16-,17+,18+/m0/s1. The molecule has 2 rings (SSSR count). The van der Waals surface area contributed by atoms with Gasteiger partial charge in [0.2, 0.25) is 0 Å². The van der Waals surface area contributed by atoms with Crippen LogP contribution in [0, 0.1) is 5.41 Å². The molecule has 0 aromatic heterocycles. The number of hydrogen-bond acceptors (Lipinski definition) is 7. The van der Waals surface area contributed by atoms with Crippen LogP contribution >= 0.6 is 0 Å². The highest BCUT2D eigenvalue weighted by atomic mass is 16.7. The smallest absolute Gasteiger partial charge is 0.186 e. The van der Waals surface area contributed by atoms with Crippen LogP contribution in [0.15, 0.2) is 11.1 Å². The second-order valence-corrected chi connectivity index (χ2v) is 8.39. The summed E-state index contributed by atoms with van der Waals surface area (Å²) in [5, 5.41) is 48.9. The van der Waals surface area contributed by atoms with Crippen molar-refractivity contribution in [1.29, 1.82) is 0 Å². The monoisotopic (exact) mass is 374 g/mol. The van der Waals surface area contributed by atoms with Crippen molar-refractivity contribution < 1.29 is 35.0 Å². The van der Waals surface area contributed by atoms with Crippen LogP contribution in [0.4, 0.5) is 0 Å². The van der Waals surface area contributed by atoms with E-state index >= 15 is 0 Å². The van der Waals surface area contributed by atoms with Crippen LogP contribution in [-0.2, 0) is 9.47 Å². The molecule has 0 spiro atoms. The van der Waals surface area contributed by atoms with Crippen LogP contribution in [0.1, 0.15) is 53.4 Å². The van der Waals surface area contributed by atoms with Crippen molar-refractivity contribution in [2.24, 2.45) is 5.41 Å². The molecule has 5 N–H and O–H groups in total. The molecule has 7 atom stereocenters. The summed E-state index contributed by atoms with van der Waals surface area (Å²) in [5.74, 6) is 0. The number of aliphatic hydroxyl groups is 5. The summed E-state index contributed by atoms with van der Waals surface area (Å²) in [7, 11) is 0. The van der Waals surface area contributed by atoms with E-state index in [1.807, 2.05) is 6.92 Å². The minimum atomic E-state index is -1.43. The fourth-order valence-electron chi connectivity index (χ4n) is 4.21. The van der Waals surface area contributed by atoms with E-state index in [2.05, 4.69) is 20.8 Å². The molecule has 0 saturated carbocycles. The van der Waals surface area contributed by atoms with E-state index in [9.17, 15) is 25.5 Å². The molecule has 1 aliphatic carbocycles. The maximum Gasteiger partial charge on any atom is 0.186 e. The third kappa shape index (κ3) is 4.84. The topological polar surface area (TPSA) is 120 Å². The van der Waals surface area contributed by atoms with E-state index in [-0.39, 0.29) is 17.6 Å². The quantitative estimate of drug-likeness (QED) is 0.429. The Kier molecular flexibility index (Phi) is 7.23. The van der Waals surface area contributed by atoms with Gasteiger partial charge in [0.15, 0.2) is 6.29 Å². The largest absolute Gasteiger partial charge is 0.394 e. The van der Waals surface area contributed by atoms with Crippen LogP contribution in [0.3, 0.4) is 0 Å². The van der Waals surface area contributed by atoms with Gasteiger partial charge in [0, 0.05) is 0 Å². The first kappa shape index (κ1) is 21.8. The van der Waals surface area contributed by atoms with E-state index in [0.29, 0.717) is 12.8 Å². The van der Waals surface area contributed by atoms with Gasteiger partial charge < -0.3 is 35.0 Å². The number of hydrogen-bond donors (Lipinski definition) is 5.